The molecule has 2 aliphatic rings. The number of methoxy groups -OCH3 is 1. The molecule has 1 N–H and O–H groups in total. The minimum absolute atomic E-state index is 0.117. The van der Waals surface area contributed by atoms with Gasteiger partial charge in [-0.05, 0) is 95.2 Å². The molecule has 0 unspecified atom stereocenters. The highest BCUT2D eigenvalue weighted by molar-refractivity contribution is 5.71. The smallest absolute Gasteiger partial charge is 0.304 e. The van der Waals surface area contributed by atoms with Crippen molar-refractivity contribution in [2.75, 3.05) is 7.11 Å². The van der Waals surface area contributed by atoms with Crippen molar-refractivity contribution in [2.45, 2.75) is 77.2 Å². The van der Waals surface area contributed by atoms with Crippen LogP contribution in [0.4, 0.5) is 4.39 Å². The fourth-order valence-electron chi connectivity index (χ4n) is 6.63. The van der Waals surface area contributed by atoms with Crippen molar-refractivity contribution in [3.8, 4) is 22.6 Å². The number of aryl methyl sites for hydroxylation is 1. The van der Waals surface area contributed by atoms with E-state index in [2.05, 4.69) is 26.0 Å². The first-order valence-electron chi connectivity index (χ1n) is 13.5. The lowest BCUT2D eigenvalue weighted by Crippen LogP contribution is -2.22. The zero-order valence-corrected chi connectivity index (χ0v) is 22.8. The second kappa shape index (κ2) is 10.1. The average Bonchev–Trinajstić information content (AvgIpc) is 3.40. The van der Waals surface area contributed by atoms with Crippen molar-refractivity contribution < 1.29 is 23.8 Å². The van der Waals surface area contributed by atoms with E-state index in [1.54, 1.807) is 19.2 Å². The summed E-state index contributed by atoms with van der Waals surface area (Å²) in [5, 5.41) is 9.43. The first-order chi connectivity index (χ1) is 18.1. The Hall–Kier alpha value is -3.34. The molecular formula is C33H37FO4. The SMILES string of the molecule is COc1ccc(F)c(-c2ccc(COc3ccc4c(c3)[C@](C)(CC(=O)O)CC4)cc2[C@H]2CCCC2(C)C)c1. The molecule has 1 saturated carbocycles. The number of fused-ring (bicyclic) bond motifs is 1. The molecule has 2 atom stereocenters. The molecule has 0 radical (unpaired) electrons. The topological polar surface area (TPSA) is 55.8 Å². The van der Waals surface area contributed by atoms with Gasteiger partial charge in [0, 0.05) is 11.0 Å². The molecule has 0 aromatic heterocycles. The summed E-state index contributed by atoms with van der Waals surface area (Å²) in [6.45, 7) is 7.02. The van der Waals surface area contributed by atoms with Crippen LogP contribution in [0.15, 0.2) is 54.6 Å². The van der Waals surface area contributed by atoms with Crippen LogP contribution in [0.3, 0.4) is 0 Å². The minimum Gasteiger partial charge on any atom is -0.497 e. The van der Waals surface area contributed by atoms with Crippen LogP contribution in [-0.4, -0.2) is 18.2 Å². The lowest BCUT2D eigenvalue weighted by molar-refractivity contribution is -0.138. The number of aliphatic carboxylic acids is 1. The van der Waals surface area contributed by atoms with Gasteiger partial charge in [-0.1, -0.05) is 51.5 Å². The van der Waals surface area contributed by atoms with E-state index in [4.69, 9.17) is 9.47 Å². The van der Waals surface area contributed by atoms with E-state index in [9.17, 15) is 9.90 Å². The Bertz CT molecular complexity index is 1360. The van der Waals surface area contributed by atoms with E-state index in [1.807, 2.05) is 31.2 Å². The number of hydrogen-bond acceptors (Lipinski definition) is 3. The van der Waals surface area contributed by atoms with Gasteiger partial charge in [0.2, 0.25) is 0 Å². The van der Waals surface area contributed by atoms with E-state index < -0.39 is 5.97 Å². The lowest BCUT2D eigenvalue weighted by atomic mass is 9.75. The van der Waals surface area contributed by atoms with Crippen molar-refractivity contribution in [3.05, 3.63) is 82.7 Å². The summed E-state index contributed by atoms with van der Waals surface area (Å²) in [4.78, 5) is 11.5. The van der Waals surface area contributed by atoms with Gasteiger partial charge in [0.15, 0.2) is 0 Å². The molecule has 0 heterocycles. The van der Waals surface area contributed by atoms with Gasteiger partial charge in [-0.3, -0.25) is 4.79 Å². The zero-order chi connectivity index (χ0) is 27.1. The van der Waals surface area contributed by atoms with Crippen LogP contribution >= 0.6 is 0 Å². The van der Waals surface area contributed by atoms with Gasteiger partial charge >= 0.3 is 5.97 Å². The highest BCUT2D eigenvalue weighted by Crippen LogP contribution is 2.51. The molecule has 5 heteroatoms. The summed E-state index contributed by atoms with van der Waals surface area (Å²) in [5.41, 5.74) is 5.69. The van der Waals surface area contributed by atoms with E-state index in [0.717, 1.165) is 60.1 Å². The van der Waals surface area contributed by atoms with Gasteiger partial charge < -0.3 is 14.6 Å². The van der Waals surface area contributed by atoms with Crippen molar-refractivity contribution in [2.24, 2.45) is 5.41 Å². The summed E-state index contributed by atoms with van der Waals surface area (Å²) in [5.74, 6) is 0.667. The van der Waals surface area contributed by atoms with Gasteiger partial charge in [-0.25, -0.2) is 4.39 Å². The molecular weight excluding hydrogens is 479 g/mol. The Morgan fingerprint density at radius 2 is 1.79 bits per heavy atom. The number of carbonyl (C=O) groups is 1. The predicted octanol–water partition coefficient (Wildman–Crippen LogP) is 8.05. The normalized spacial score (nSPS) is 21.8. The number of hydrogen-bond donors (Lipinski definition) is 1. The van der Waals surface area contributed by atoms with Crippen molar-refractivity contribution >= 4 is 5.97 Å². The van der Waals surface area contributed by atoms with Crippen molar-refractivity contribution in [1.82, 2.24) is 0 Å². The van der Waals surface area contributed by atoms with Crippen LogP contribution in [-0.2, 0) is 23.2 Å². The van der Waals surface area contributed by atoms with E-state index in [0.29, 0.717) is 23.8 Å². The molecule has 5 rings (SSSR count). The molecule has 3 aromatic carbocycles. The van der Waals surface area contributed by atoms with Gasteiger partial charge in [-0.2, -0.15) is 0 Å². The molecule has 0 saturated heterocycles. The van der Waals surface area contributed by atoms with Gasteiger partial charge in [-0.15, -0.1) is 0 Å². The lowest BCUT2D eigenvalue weighted by Gasteiger charge is -2.30. The van der Waals surface area contributed by atoms with Crippen molar-refractivity contribution in [3.63, 3.8) is 0 Å². The Morgan fingerprint density at radius 1 is 1.00 bits per heavy atom. The Morgan fingerprint density at radius 3 is 2.50 bits per heavy atom. The highest BCUT2D eigenvalue weighted by atomic mass is 19.1. The Balaban J connectivity index is 1.46. The third-order valence-electron chi connectivity index (χ3n) is 8.84. The molecule has 0 spiro atoms. The maximum atomic E-state index is 15.1. The number of halogens is 1. The quantitative estimate of drug-likeness (QED) is 0.329. The Labute approximate surface area is 224 Å². The Kier molecular flexibility index (Phi) is 6.97. The van der Waals surface area contributed by atoms with E-state index in [-0.39, 0.29) is 23.1 Å². The second-order valence-corrected chi connectivity index (χ2v) is 11.9. The zero-order valence-electron chi connectivity index (χ0n) is 22.8. The fraction of sp³-hybridized carbons (Fsp3) is 0.424. The average molecular weight is 517 g/mol. The highest BCUT2D eigenvalue weighted by Gasteiger charge is 2.38. The van der Waals surface area contributed by atoms with E-state index in [1.165, 1.54) is 11.6 Å². The van der Waals surface area contributed by atoms with Gasteiger partial charge in [0.1, 0.15) is 23.9 Å². The number of carboxylic acid groups (broad SMARTS) is 1. The van der Waals surface area contributed by atoms with Crippen LogP contribution in [0, 0.1) is 11.2 Å². The fourth-order valence-corrected chi connectivity index (χ4v) is 6.63. The molecule has 1 fully saturated rings. The molecule has 200 valence electrons. The van der Waals surface area contributed by atoms with Crippen molar-refractivity contribution in [1.29, 1.82) is 0 Å². The van der Waals surface area contributed by atoms with Crippen LogP contribution in [0.2, 0.25) is 0 Å². The molecule has 4 nitrogen and oxygen atoms in total. The summed E-state index contributed by atoms with van der Waals surface area (Å²) in [6.07, 6.45) is 5.21. The number of rotatable bonds is 8. The van der Waals surface area contributed by atoms with Gasteiger partial charge in [0.25, 0.3) is 0 Å². The molecule has 0 amide bonds. The van der Waals surface area contributed by atoms with Crippen LogP contribution in [0.25, 0.3) is 11.1 Å². The monoisotopic (exact) mass is 516 g/mol. The minimum atomic E-state index is -0.776. The maximum Gasteiger partial charge on any atom is 0.304 e. The first kappa shape index (κ1) is 26.3. The first-order valence-corrected chi connectivity index (χ1v) is 13.5. The van der Waals surface area contributed by atoms with Crippen LogP contribution < -0.4 is 9.47 Å². The van der Waals surface area contributed by atoms with Crippen LogP contribution in [0.1, 0.15) is 81.0 Å². The second-order valence-electron chi connectivity index (χ2n) is 11.9. The van der Waals surface area contributed by atoms with Crippen LogP contribution in [0.5, 0.6) is 11.5 Å². The summed E-state index contributed by atoms with van der Waals surface area (Å²) >= 11 is 0. The predicted molar refractivity (Wildman–Crippen MR) is 147 cm³/mol. The summed E-state index contributed by atoms with van der Waals surface area (Å²) in [7, 11) is 1.60. The third kappa shape index (κ3) is 5.03. The molecule has 2 aliphatic carbocycles. The van der Waals surface area contributed by atoms with Gasteiger partial charge in [0.05, 0.1) is 13.5 Å². The largest absolute Gasteiger partial charge is 0.497 e. The standard InChI is InChI=1S/C33H37FO4/c1-32(2)14-5-6-28(32)26-16-21(7-11-25(26)27-17-23(37-4)10-12-30(27)34)20-38-24-9-8-22-13-15-33(3,19-31(35)36)29(22)18-24/h7-12,16-18,28H,5-6,13-15,19-20H2,1-4H3,(H,35,36)/t28-,33+/m1/s1. The molecule has 0 aliphatic heterocycles. The number of carboxylic acids is 1. The third-order valence-corrected chi connectivity index (χ3v) is 8.84. The molecule has 38 heavy (non-hydrogen) atoms. The van der Waals surface area contributed by atoms with E-state index >= 15 is 4.39 Å². The molecule has 0 bridgehead atoms. The maximum absolute atomic E-state index is 15.1. The molecule has 3 aromatic rings. The number of benzene rings is 3. The summed E-state index contributed by atoms with van der Waals surface area (Å²) in [6, 6.07) is 17.2. The summed E-state index contributed by atoms with van der Waals surface area (Å²) < 4.78 is 26.7. The number of ether oxygens (including phenoxy) is 2.